The summed E-state index contributed by atoms with van der Waals surface area (Å²) in [4.78, 5) is 19.8. The van der Waals surface area contributed by atoms with Gasteiger partial charge in [-0.05, 0) is 50.8 Å². The molecule has 5 rings (SSSR count). The average molecular weight is 497 g/mol. The number of rotatable bonds is 4. The number of aromatic nitrogens is 5. The van der Waals surface area contributed by atoms with Crippen molar-refractivity contribution in [1.82, 2.24) is 25.0 Å². The fraction of sp³-hybridized carbons (Fsp3) is 0.308. The zero-order chi connectivity index (χ0) is 25.7. The van der Waals surface area contributed by atoms with Gasteiger partial charge in [-0.1, -0.05) is 41.1 Å². The first-order chi connectivity index (χ1) is 17.0. The first-order valence-corrected chi connectivity index (χ1v) is 11.5. The Kier molecular flexibility index (Phi) is 5.77. The zero-order valence-corrected chi connectivity index (χ0v) is 19.7. The third kappa shape index (κ3) is 4.31. The van der Waals surface area contributed by atoms with Crippen LogP contribution in [0.25, 0.3) is 11.4 Å². The van der Waals surface area contributed by atoms with E-state index >= 15 is 0 Å². The summed E-state index contributed by atoms with van der Waals surface area (Å²) in [6.07, 6.45) is -2.56. The van der Waals surface area contributed by atoms with Crippen molar-refractivity contribution in [3.05, 3.63) is 98.5 Å². The molecule has 36 heavy (non-hydrogen) atoms. The summed E-state index contributed by atoms with van der Waals surface area (Å²) < 4.78 is 55.7. The number of nitrogens with one attached hydrogen (secondary N) is 1. The summed E-state index contributed by atoms with van der Waals surface area (Å²) in [5.74, 6) is -0.484. The van der Waals surface area contributed by atoms with Gasteiger partial charge in [-0.25, -0.2) is 14.1 Å². The van der Waals surface area contributed by atoms with E-state index in [1.165, 1.54) is 12.1 Å². The fourth-order valence-corrected chi connectivity index (χ4v) is 4.82. The minimum absolute atomic E-state index is 0.104. The van der Waals surface area contributed by atoms with Crippen LogP contribution in [0.1, 0.15) is 53.5 Å². The summed E-state index contributed by atoms with van der Waals surface area (Å²) >= 11 is 0. The highest BCUT2D eigenvalue weighted by Crippen LogP contribution is 2.41. The van der Waals surface area contributed by atoms with Gasteiger partial charge in [-0.15, -0.1) is 5.10 Å². The number of H-pyrrole nitrogens is 1. The number of hydrogen-bond acceptors (Lipinski definition) is 4. The van der Waals surface area contributed by atoms with Crippen molar-refractivity contribution in [2.45, 2.75) is 51.2 Å². The summed E-state index contributed by atoms with van der Waals surface area (Å²) in [6, 6.07) is 11.8. The van der Waals surface area contributed by atoms with E-state index in [0.29, 0.717) is 54.7 Å². The van der Waals surface area contributed by atoms with Crippen molar-refractivity contribution in [1.29, 1.82) is 0 Å². The average Bonchev–Trinajstić information content (AvgIpc) is 3.25. The molecule has 0 unspecified atom stereocenters. The second kappa shape index (κ2) is 8.69. The molecule has 0 saturated heterocycles. The minimum Gasteiger partial charge on any atom is -0.310 e. The van der Waals surface area contributed by atoms with E-state index in [2.05, 4.69) is 20.3 Å². The monoisotopic (exact) mass is 497 g/mol. The van der Waals surface area contributed by atoms with Crippen LogP contribution in [0, 0.1) is 12.7 Å². The lowest BCUT2D eigenvalue weighted by Gasteiger charge is -2.35. The van der Waals surface area contributed by atoms with Crippen LogP contribution in [-0.4, -0.2) is 25.0 Å². The molecule has 186 valence electrons. The Morgan fingerprint density at radius 2 is 1.86 bits per heavy atom. The normalized spacial score (nSPS) is 17.7. The molecule has 0 spiro atoms. The van der Waals surface area contributed by atoms with Gasteiger partial charge < -0.3 is 4.98 Å². The maximum Gasteiger partial charge on any atom is 0.416 e. The predicted octanol–water partition coefficient (Wildman–Crippen LogP) is 5.19. The summed E-state index contributed by atoms with van der Waals surface area (Å²) in [7, 11) is 0. The van der Waals surface area contributed by atoms with E-state index in [1.54, 1.807) is 11.6 Å². The molecule has 4 aromatic rings. The molecular formula is C26H23F4N5O. The molecule has 1 aliphatic rings. The quantitative estimate of drug-likeness (QED) is 0.394. The lowest BCUT2D eigenvalue weighted by molar-refractivity contribution is -0.137. The van der Waals surface area contributed by atoms with Gasteiger partial charge in [0.05, 0.1) is 16.8 Å². The Morgan fingerprint density at radius 3 is 2.56 bits per heavy atom. The van der Waals surface area contributed by atoms with E-state index in [1.807, 2.05) is 31.2 Å². The molecule has 1 N–H and O–H groups in total. The van der Waals surface area contributed by atoms with E-state index in [9.17, 15) is 22.4 Å². The number of aromatic amines is 1. The molecule has 0 saturated carbocycles. The van der Waals surface area contributed by atoms with Crippen LogP contribution in [0.3, 0.4) is 0 Å². The molecule has 0 fully saturated rings. The first-order valence-electron chi connectivity index (χ1n) is 11.5. The highest BCUT2D eigenvalue weighted by atomic mass is 19.4. The van der Waals surface area contributed by atoms with Gasteiger partial charge in [0.25, 0.3) is 5.56 Å². The topological polar surface area (TPSA) is 76.5 Å². The van der Waals surface area contributed by atoms with Crippen LogP contribution >= 0.6 is 0 Å². The Hall–Kier alpha value is -3.82. The first kappa shape index (κ1) is 23.9. The van der Waals surface area contributed by atoms with Crippen LogP contribution in [0.15, 0.2) is 53.3 Å². The number of aryl methyl sites for hydroxylation is 1. The lowest BCUT2D eigenvalue weighted by atomic mass is 9.82. The van der Waals surface area contributed by atoms with Crippen molar-refractivity contribution < 1.29 is 17.6 Å². The molecule has 1 atom stereocenters. The second-order valence-corrected chi connectivity index (χ2v) is 9.36. The molecule has 1 aliphatic heterocycles. The zero-order valence-electron chi connectivity index (χ0n) is 19.7. The van der Waals surface area contributed by atoms with Gasteiger partial charge in [0.2, 0.25) is 0 Å². The number of benzene rings is 2. The predicted molar refractivity (Wildman–Crippen MR) is 125 cm³/mol. The van der Waals surface area contributed by atoms with Gasteiger partial charge in [-0.3, -0.25) is 4.79 Å². The van der Waals surface area contributed by atoms with Crippen molar-refractivity contribution >= 4 is 0 Å². The molecule has 0 radical (unpaired) electrons. The van der Waals surface area contributed by atoms with Crippen molar-refractivity contribution in [3.63, 3.8) is 0 Å². The number of halogens is 4. The maximum absolute atomic E-state index is 15.0. The van der Waals surface area contributed by atoms with E-state index < -0.39 is 23.1 Å². The van der Waals surface area contributed by atoms with Crippen LogP contribution in [0.4, 0.5) is 17.6 Å². The van der Waals surface area contributed by atoms with Crippen LogP contribution in [0.2, 0.25) is 0 Å². The molecule has 2 aromatic carbocycles. The maximum atomic E-state index is 15.0. The molecular weight excluding hydrogens is 474 g/mol. The molecule has 0 aliphatic carbocycles. The molecule has 10 heteroatoms. The van der Waals surface area contributed by atoms with E-state index in [-0.39, 0.29) is 11.1 Å². The van der Waals surface area contributed by atoms with Gasteiger partial charge in [0, 0.05) is 18.1 Å². The largest absolute Gasteiger partial charge is 0.416 e. The third-order valence-corrected chi connectivity index (χ3v) is 6.71. The van der Waals surface area contributed by atoms with Gasteiger partial charge >= 0.3 is 6.18 Å². The molecule has 2 aromatic heterocycles. The van der Waals surface area contributed by atoms with Crippen molar-refractivity contribution in [3.8, 4) is 11.4 Å². The fourth-order valence-electron chi connectivity index (χ4n) is 4.82. The van der Waals surface area contributed by atoms with Crippen LogP contribution < -0.4 is 5.56 Å². The number of fused-ring (bicyclic) bond motifs is 1. The summed E-state index contributed by atoms with van der Waals surface area (Å²) in [5, 5.41) is 8.53. The van der Waals surface area contributed by atoms with E-state index in [4.69, 9.17) is 0 Å². The Bertz CT molecular complexity index is 1490. The van der Waals surface area contributed by atoms with Gasteiger partial charge in [0.1, 0.15) is 23.0 Å². The third-order valence-electron chi connectivity index (χ3n) is 6.71. The number of alkyl halides is 3. The van der Waals surface area contributed by atoms with Gasteiger partial charge in [-0.2, -0.15) is 13.2 Å². The Morgan fingerprint density at radius 1 is 1.11 bits per heavy atom. The van der Waals surface area contributed by atoms with Gasteiger partial charge in [0.15, 0.2) is 0 Å². The standard InChI is InChI=1S/C26H23F4N5O/c1-15-5-7-16(8-6-15)12-22-31-20(14-23(36)32-22)24-21-4-3-11-25(2,35(21)34-33-24)18-10-9-17(13-19(18)27)26(28,29)30/h5-10,13-14H,3-4,11-12H2,1-2H3,(H,31,32,36)/t25-/m0/s1. The highest BCUT2D eigenvalue weighted by molar-refractivity contribution is 5.57. The van der Waals surface area contributed by atoms with E-state index in [0.717, 1.165) is 17.2 Å². The molecule has 3 heterocycles. The Labute approximate surface area is 204 Å². The highest BCUT2D eigenvalue weighted by Gasteiger charge is 2.40. The van der Waals surface area contributed by atoms with Crippen LogP contribution in [0.5, 0.6) is 0 Å². The molecule has 6 nitrogen and oxygen atoms in total. The molecule has 0 amide bonds. The lowest BCUT2D eigenvalue weighted by Crippen LogP contribution is -2.38. The second-order valence-electron chi connectivity index (χ2n) is 9.36. The van der Waals surface area contributed by atoms with Crippen LogP contribution in [-0.2, 0) is 24.6 Å². The number of nitrogens with zero attached hydrogens (tertiary/aromatic N) is 4. The summed E-state index contributed by atoms with van der Waals surface area (Å²) in [6.45, 7) is 3.72. The summed E-state index contributed by atoms with van der Waals surface area (Å²) in [5.41, 5.74) is 1.19. The number of hydrogen-bond donors (Lipinski definition) is 1. The smallest absolute Gasteiger partial charge is 0.310 e. The SMILES string of the molecule is Cc1ccc(Cc2nc(-c3nnn4c3CCC[C@@]4(C)c3ccc(C(F)(F)F)cc3F)cc(=O)[nH]2)cc1. The van der Waals surface area contributed by atoms with Crippen molar-refractivity contribution in [2.75, 3.05) is 0 Å². The van der Waals surface area contributed by atoms with Crippen molar-refractivity contribution in [2.24, 2.45) is 0 Å². The molecule has 0 bridgehead atoms. The minimum atomic E-state index is -4.64. The Balaban J connectivity index is 1.54.